The third-order valence-electron chi connectivity index (χ3n) is 1.71. The van der Waals surface area contributed by atoms with Crippen LogP contribution in [0.3, 0.4) is 0 Å². The summed E-state index contributed by atoms with van der Waals surface area (Å²) in [7, 11) is 0. The van der Waals surface area contributed by atoms with E-state index in [0.29, 0.717) is 5.39 Å². The van der Waals surface area contributed by atoms with Gasteiger partial charge in [-0.3, -0.25) is 4.98 Å². The summed E-state index contributed by atoms with van der Waals surface area (Å²) in [6.45, 7) is 0. The van der Waals surface area contributed by atoms with Crippen molar-refractivity contribution in [3.8, 4) is 5.75 Å². The lowest BCUT2D eigenvalue weighted by Gasteiger charge is -1.99. The first-order valence-corrected chi connectivity index (χ1v) is 3.50. The van der Waals surface area contributed by atoms with Crippen LogP contribution in [0.2, 0.25) is 0 Å². The zero-order valence-electron chi connectivity index (χ0n) is 6.16. The normalized spacial score (nSPS) is 10.4. The van der Waals surface area contributed by atoms with Crippen molar-refractivity contribution < 1.29 is 9.50 Å². The van der Waals surface area contributed by atoms with Gasteiger partial charge in [0.2, 0.25) is 0 Å². The number of fused-ring (bicyclic) bond motifs is 1. The largest absolute Gasteiger partial charge is 0.506 e. The number of aromatic hydroxyl groups is 1. The Morgan fingerprint density at radius 2 is 2.08 bits per heavy atom. The van der Waals surface area contributed by atoms with Crippen LogP contribution in [0.5, 0.6) is 5.75 Å². The molecule has 0 bridgehead atoms. The number of benzene rings is 1. The highest BCUT2D eigenvalue weighted by atomic mass is 19.1. The van der Waals surface area contributed by atoms with Crippen LogP contribution >= 0.6 is 0 Å². The van der Waals surface area contributed by atoms with Crippen LogP contribution < -0.4 is 0 Å². The second kappa shape index (κ2) is 2.44. The first-order chi connectivity index (χ1) is 5.79. The molecule has 0 saturated heterocycles. The molecular weight excluding hydrogens is 157 g/mol. The summed E-state index contributed by atoms with van der Waals surface area (Å²) in [6, 6.07) is 4.59. The highest BCUT2D eigenvalue weighted by Crippen LogP contribution is 2.24. The lowest BCUT2D eigenvalue weighted by molar-refractivity contribution is 0.476. The van der Waals surface area contributed by atoms with E-state index in [9.17, 15) is 9.50 Å². The summed E-state index contributed by atoms with van der Waals surface area (Å²) in [5, 5.41) is 10.1. The fourth-order valence-electron chi connectivity index (χ4n) is 1.17. The van der Waals surface area contributed by atoms with Crippen molar-refractivity contribution >= 4 is 10.8 Å². The molecule has 1 N–H and O–H groups in total. The van der Waals surface area contributed by atoms with Crippen LogP contribution in [0.1, 0.15) is 0 Å². The van der Waals surface area contributed by atoms with Gasteiger partial charge in [0.25, 0.3) is 0 Å². The molecular formula is C9H6FNO. The van der Waals surface area contributed by atoms with E-state index in [4.69, 9.17) is 0 Å². The van der Waals surface area contributed by atoms with Crippen molar-refractivity contribution in [2.24, 2.45) is 0 Å². The maximum atomic E-state index is 13.1. The van der Waals surface area contributed by atoms with Gasteiger partial charge in [-0.25, -0.2) is 4.39 Å². The van der Waals surface area contributed by atoms with Crippen molar-refractivity contribution in [2.75, 3.05) is 0 Å². The molecule has 3 heteroatoms. The molecule has 0 unspecified atom stereocenters. The molecule has 0 fully saturated rings. The number of rotatable bonds is 0. The first kappa shape index (κ1) is 7.03. The van der Waals surface area contributed by atoms with Gasteiger partial charge in [-0.05, 0) is 6.07 Å². The maximum Gasteiger partial charge on any atom is 0.144 e. The van der Waals surface area contributed by atoms with E-state index in [2.05, 4.69) is 4.98 Å². The standard InChI is InChI=1S/C9H6FNO/c10-7-3-1-2-6-4-11-5-8(12)9(6)7/h1-5,12H. The Hall–Kier alpha value is -1.64. The van der Waals surface area contributed by atoms with Crippen molar-refractivity contribution in [1.82, 2.24) is 4.98 Å². The Morgan fingerprint density at radius 1 is 1.25 bits per heavy atom. The molecule has 2 nitrogen and oxygen atoms in total. The third kappa shape index (κ3) is 0.906. The monoisotopic (exact) mass is 163 g/mol. The van der Waals surface area contributed by atoms with E-state index in [1.807, 2.05) is 0 Å². The molecule has 0 saturated carbocycles. The molecule has 0 atom stereocenters. The third-order valence-corrected chi connectivity index (χ3v) is 1.71. The smallest absolute Gasteiger partial charge is 0.144 e. The van der Waals surface area contributed by atoms with E-state index in [1.54, 1.807) is 12.1 Å². The highest BCUT2D eigenvalue weighted by molar-refractivity contribution is 5.87. The molecule has 0 aliphatic carbocycles. The number of hydrogen-bond acceptors (Lipinski definition) is 2. The number of aromatic nitrogens is 1. The zero-order valence-corrected chi connectivity index (χ0v) is 6.16. The quantitative estimate of drug-likeness (QED) is 0.645. The Kier molecular flexibility index (Phi) is 1.43. The average molecular weight is 163 g/mol. The molecule has 0 amide bonds. The minimum atomic E-state index is -0.424. The summed E-state index contributed by atoms with van der Waals surface area (Å²) in [4.78, 5) is 3.74. The van der Waals surface area contributed by atoms with Crippen LogP contribution in [-0.2, 0) is 0 Å². The van der Waals surface area contributed by atoms with Crippen molar-refractivity contribution in [2.45, 2.75) is 0 Å². The van der Waals surface area contributed by atoms with Gasteiger partial charge < -0.3 is 5.11 Å². The zero-order chi connectivity index (χ0) is 8.55. The molecule has 0 aliphatic heterocycles. The molecule has 2 rings (SSSR count). The lowest BCUT2D eigenvalue weighted by Crippen LogP contribution is -1.81. The van der Waals surface area contributed by atoms with E-state index in [-0.39, 0.29) is 11.1 Å². The average Bonchev–Trinajstić information content (AvgIpc) is 2.04. The minimum absolute atomic E-state index is 0.120. The fraction of sp³-hybridized carbons (Fsp3) is 0. The van der Waals surface area contributed by atoms with Gasteiger partial charge in [-0.15, -0.1) is 0 Å². The Morgan fingerprint density at radius 3 is 2.83 bits per heavy atom. The molecule has 12 heavy (non-hydrogen) atoms. The van der Waals surface area contributed by atoms with E-state index >= 15 is 0 Å². The molecule has 1 heterocycles. The van der Waals surface area contributed by atoms with Crippen LogP contribution in [0, 0.1) is 5.82 Å². The number of nitrogens with zero attached hydrogens (tertiary/aromatic N) is 1. The Balaban J connectivity index is 2.96. The molecule has 1 aromatic heterocycles. The summed E-state index contributed by atoms with van der Waals surface area (Å²) in [5.74, 6) is -0.544. The number of pyridine rings is 1. The van der Waals surface area contributed by atoms with Crippen LogP contribution in [0.15, 0.2) is 30.6 Å². The topological polar surface area (TPSA) is 33.1 Å². The Bertz CT molecular complexity index is 391. The number of halogens is 1. The summed E-state index contributed by atoms with van der Waals surface area (Å²) in [6.07, 6.45) is 2.74. The van der Waals surface area contributed by atoms with Gasteiger partial charge >= 0.3 is 0 Å². The van der Waals surface area contributed by atoms with Gasteiger partial charge in [0.15, 0.2) is 0 Å². The van der Waals surface area contributed by atoms with Crippen LogP contribution in [0.25, 0.3) is 10.8 Å². The molecule has 0 radical (unpaired) electrons. The highest BCUT2D eigenvalue weighted by Gasteiger charge is 2.03. The SMILES string of the molecule is Oc1cncc2cccc(F)c12. The summed E-state index contributed by atoms with van der Waals surface area (Å²) < 4.78 is 13.1. The van der Waals surface area contributed by atoms with E-state index in [0.717, 1.165) is 0 Å². The van der Waals surface area contributed by atoms with Crippen molar-refractivity contribution in [1.29, 1.82) is 0 Å². The van der Waals surface area contributed by atoms with E-state index < -0.39 is 5.82 Å². The van der Waals surface area contributed by atoms with Gasteiger partial charge in [0.05, 0.1) is 11.6 Å². The molecule has 60 valence electrons. The summed E-state index contributed by atoms with van der Waals surface area (Å²) >= 11 is 0. The molecule has 1 aromatic carbocycles. The van der Waals surface area contributed by atoms with Gasteiger partial charge in [-0.2, -0.15) is 0 Å². The second-order valence-electron chi connectivity index (χ2n) is 2.50. The van der Waals surface area contributed by atoms with Gasteiger partial charge in [0.1, 0.15) is 11.6 Å². The molecule has 0 aliphatic rings. The molecule has 2 aromatic rings. The predicted octanol–water partition coefficient (Wildman–Crippen LogP) is 2.08. The Labute approximate surface area is 68.3 Å². The summed E-state index contributed by atoms with van der Waals surface area (Å²) in [5.41, 5.74) is 0. The van der Waals surface area contributed by atoms with E-state index in [1.165, 1.54) is 18.5 Å². The van der Waals surface area contributed by atoms with Gasteiger partial charge in [-0.1, -0.05) is 12.1 Å². The number of hydrogen-bond donors (Lipinski definition) is 1. The van der Waals surface area contributed by atoms with Gasteiger partial charge in [0, 0.05) is 11.6 Å². The molecule has 0 spiro atoms. The van der Waals surface area contributed by atoms with Crippen molar-refractivity contribution in [3.63, 3.8) is 0 Å². The second-order valence-corrected chi connectivity index (χ2v) is 2.50. The van der Waals surface area contributed by atoms with Crippen LogP contribution in [0.4, 0.5) is 4.39 Å². The lowest BCUT2D eigenvalue weighted by atomic mass is 10.1. The van der Waals surface area contributed by atoms with Crippen molar-refractivity contribution in [3.05, 3.63) is 36.4 Å². The predicted molar refractivity (Wildman–Crippen MR) is 43.4 cm³/mol. The fourth-order valence-corrected chi connectivity index (χ4v) is 1.17. The van der Waals surface area contributed by atoms with Crippen LogP contribution in [-0.4, -0.2) is 10.1 Å². The maximum absolute atomic E-state index is 13.1. The minimum Gasteiger partial charge on any atom is -0.506 e. The first-order valence-electron chi connectivity index (χ1n) is 3.50.